The van der Waals surface area contributed by atoms with E-state index in [2.05, 4.69) is 9.97 Å². The molecule has 0 aliphatic carbocycles. The van der Waals surface area contributed by atoms with Crippen LogP contribution in [0.4, 0.5) is 5.82 Å². The highest BCUT2D eigenvalue weighted by Crippen LogP contribution is 2.15. The average Bonchev–Trinajstić information content (AvgIpc) is 2.36. The molecule has 6 heteroatoms. The van der Waals surface area contributed by atoms with Gasteiger partial charge in [-0.3, -0.25) is 4.79 Å². The third-order valence-electron chi connectivity index (χ3n) is 2.36. The topological polar surface area (TPSA) is 75.5 Å². The first-order chi connectivity index (χ1) is 8.63. The summed E-state index contributed by atoms with van der Waals surface area (Å²) in [6.45, 7) is 3.29. The van der Waals surface area contributed by atoms with Crippen molar-refractivity contribution in [2.24, 2.45) is 0 Å². The van der Waals surface area contributed by atoms with Gasteiger partial charge in [0, 0.05) is 26.1 Å². The Morgan fingerprint density at radius 3 is 2.94 bits per heavy atom. The van der Waals surface area contributed by atoms with Crippen molar-refractivity contribution in [3.05, 3.63) is 12.4 Å². The second-order valence-corrected chi connectivity index (χ2v) is 3.98. The van der Waals surface area contributed by atoms with Crippen LogP contribution in [0.3, 0.4) is 0 Å². The smallest absolute Gasteiger partial charge is 0.303 e. The monoisotopic (exact) mass is 253 g/mol. The molecule has 0 fully saturated rings. The number of hydrogen-bond donors (Lipinski definition) is 1. The Balaban J connectivity index is 2.51. The van der Waals surface area contributed by atoms with E-state index in [1.807, 2.05) is 18.9 Å². The molecule has 0 saturated carbocycles. The maximum atomic E-state index is 10.4. The van der Waals surface area contributed by atoms with Gasteiger partial charge in [-0.1, -0.05) is 6.92 Å². The Morgan fingerprint density at radius 2 is 2.28 bits per heavy atom. The normalized spacial score (nSPS) is 10.1. The summed E-state index contributed by atoms with van der Waals surface area (Å²) in [6.07, 6.45) is 3.12. The molecule has 6 nitrogen and oxygen atoms in total. The molecule has 0 aliphatic heterocycles. The maximum absolute atomic E-state index is 10.4. The van der Waals surface area contributed by atoms with E-state index >= 15 is 0 Å². The first kappa shape index (κ1) is 14.2. The molecular weight excluding hydrogens is 234 g/mol. The van der Waals surface area contributed by atoms with Crippen LogP contribution in [0.2, 0.25) is 0 Å². The third kappa shape index (κ3) is 4.99. The van der Waals surface area contributed by atoms with Gasteiger partial charge in [0.05, 0.1) is 6.61 Å². The van der Waals surface area contributed by atoms with Crippen LogP contribution >= 0.6 is 0 Å². The van der Waals surface area contributed by atoms with Crippen molar-refractivity contribution >= 4 is 11.8 Å². The Kier molecular flexibility index (Phi) is 5.90. The lowest BCUT2D eigenvalue weighted by Crippen LogP contribution is -2.20. The van der Waals surface area contributed by atoms with Crippen LogP contribution in [0.5, 0.6) is 5.88 Å². The van der Waals surface area contributed by atoms with Crippen molar-refractivity contribution in [2.45, 2.75) is 26.2 Å². The molecule has 100 valence electrons. The van der Waals surface area contributed by atoms with Gasteiger partial charge in [0.25, 0.3) is 0 Å². The molecule has 0 bridgehead atoms. The molecule has 0 saturated heterocycles. The summed E-state index contributed by atoms with van der Waals surface area (Å²) in [5.74, 6) is 0.506. The maximum Gasteiger partial charge on any atom is 0.303 e. The van der Waals surface area contributed by atoms with E-state index in [0.717, 1.165) is 12.2 Å². The second kappa shape index (κ2) is 7.47. The van der Waals surface area contributed by atoms with Crippen LogP contribution in [0.1, 0.15) is 26.2 Å². The summed E-state index contributed by atoms with van der Waals surface area (Å²) in [5.41, 5.74) is 0. The molecule has 0 atom stereocenters. The van der Waals surface area contributed by atoms with Crippen LogP contribution in [0, 0.1) is 0 Å². The lowest BCUT2D eigenvalue weighted by Gasteiger charge is -2.17. The summed E-state index contributed by atoms with van der Waals surface area (Å²) in [7, 11) is 1.87. The van der Waals surface area contributed by atoms with E-state index < -0.39 is 5.97 Å². The van der Waals surface area contributed by atoms with E-state index in [1.54, 1.807) is 6.07 Å². The molecule has 1 heterocycles. The number of hydrogen-bond acceptors (Lipinski definition) is 5. The van der Waals surface area contributed by atoms with Crippen LogP contribution in [-0.4, -0.2) is 41.2 Å². The van der Waals surface area contributed by atoms with Crippen LogP contribution in [0.25, 0.3) is 0 Å². The lowest BCUT2D eigenvalue weighted by atomic mass is 10.3. The fraction of sp³-hybridized carbons (Fsp3) is 0.583. The summed E-state index contributed by atoms with van der Waals surface area (Å²) in [6, 6.07) is 1.76. The molecular formula is C12H19N3O3. The zero-order valence-electron chi connectivity index (χ0n) is 10.8. The number of carbonyl (C=O) groups is 1. The summed E-state index contributed by atoms with van der Waals surface area (Å²) in [5, 5.41) is 8.57. The van der Waals surface area contributed by atoms with E-state index in [1.165, 1.54) is 6.33 Å². The number of aliphatic carboxylic acids is 1. The van der Waals surface area contributed by atoms with Gasteiger partial charge < -0.3 is 14.7 Å². The molecule has 0 aromatic carbocycles. The Bertz CT molecular complexity index is 385. The van der Waals surface area contributed by atoms with Gasteiger partial charge in [-0.2, -0.15) is 0 Å². The number of aromatic nitrogens is 2. The van der Waals surface area contributed by atoms with Crippen LogP contribution in [-0.2, 0) is 4.79 Å². The van der Waals surface area contributed by atoms with Crippen LogP contribution in [0.15, 0.2) is 12.4 Å². The van der Waals surface area contributed by atoms with Crippen molar-refractivity contribution in [1.82, 2.24) is 9.97 Å². The summed E-state index contributed by atoms with van der Waals surface area (Å²) < 4.78 is 5.42. The molecule has 1 rings (SSSR count). The molecule has 0 amide bonds. The van der Waals surface area contributed by atoms with Crippen molar-refractivity contribution < 1.29 is 14.6 Å². The van der Waals surface area contributed by atoms with E-state index in [9.17, 15) is 4.79 Å². The lowest BCUT2D eigenvalue weighted by molar-refractivity contribution is -0.137. The largest absolute Gasteiger partial charge is 0.481 e. The standard InChI is InChI=1S/C12H19N3O3/c1-3-7-18-11-8-10(13-9-14-11)15(2)6-4-5-12(16)17/h8-9H,3-7H2,1-2H3,(H,16,17). The van der Waals surface area contributed by atoms with E-state index in [0.29, 0.717) is 25.5 Å². The zero-order chi connectivity index (χ0) is 13.4. The number of rotatable bonds is 8. The number of nitrogens with zero attached hydrogens (tertiary/aromatic N) is 3. The van der Waals surface area contributed by atoms with Gasteiger partial charge in [-0.25, -0.2) is 9.97 Å². The number of ether oxygens (including phenoxy) is 1. The van der Waals surface area contributed by atoms with Crippen LogP contribution < -0.4 is 9.64 Å². The Morgan fingerprint density at radius 1 is 1.50 bits per heavy atom. The SMILES string of the molecule is CCCOc1cc(N(C)CCCC(=O)O)ncn1. The predicted octanol–water partition coefficient (Wildman–Crippen LogP) is 1.57. The van der Waals surface area contributed by atoms with E-state index in [4.69, 9.17) is 9.84 Å². The zero-order valence-corrected chi connectivity index (χ0v) is 10.8. The highest BCUT2D eigenvalue weighted by Gasteiger charge is 2.06. The first-order valence-corrected chi connectivity index (χ1v) is 6.01. The minimum Gasteiger partial charge on any atom is -0.481 e. The molecule has 1 aromatic rings. The van der Waals surface area contributed by atoms with Gasteiger partial charge in [0.2, 0.25) is 5.88 Å². The fourth-order valence-electron chi connectivity index (χ4n) is 1.41. The highest BCUT2D eigenvalue weighted by atomic mass is 16.5. The molecule has 1 aromatic heterocycles. The van der Waals surface area contributed by atoms with Crippen molar-refractivity contribution in [1.29, 1.82) is 0 Å². The number of anilines is 1. The molecule has 0 aliphatic rings. The van der Waals surface area contributed by atoms with Gasteiger partial charge in [-0.05, 0) is 12.8 Å². The van der Waals surface area contributed by atoms with Gasteiger partial charge in [0.15, 0.2) is 0 Å². The second-order valence-electron chi connectivity index (χ2n) is 3.98. The third-order valence-corrected chi connectivity index (χ3v) is 2.36. The molecule has 0 spiro atoms. The van der Waals surface area contributed by atoms with Crippen molar-refractivity contribution in [3.8, 4) is 5.88 Å². The molecule has 1 N–H and O–H groups in total. The number of carboxylic acid groups (broad SMARTS) is 1. The Labute approximate surface area is 107 Å². The molecule has 0 unspecified atom stereocenters. The van der Waals surface area contributed by atoms with Gasteiger partial charge in [-0.15, -0.1) is 0 Å². The quantitative estimate of drug-likeness (QED) is 0.757. The van der Waals surface area contributed by atoms with Gasteiger partial charge in [0.1, 0.15) is 12.1 Å². The Hall–Kier alpha value is -1.85. The predicted molar refractivity (Wildman–Crippen MR) is 68.0 cm³/mol. The highest BCUT2D eigenvalue weighted by molar-refractivity contribution is 5.66. The first-order valence-electron chi connectivity index (χ1n) is 6.01. The van der Waals surface area contributed by atoms with E-state index in [-0.39, 0.29) is 6.42 Å². The van der Waals surface area contributed by atoms with Crippen molar-refractivity contribution in [3.63, 3.8) is 0 Å². The molecule has 0 radical (unpaired) electrons. The molecule has 18 heavy (non-hydrogen) atoms. The fourth-order valence-corrected chi connectivity index (χ4v) is 1.41. The van der Waals surface area contributed by atoms with Gasteiger partial charge >= 0.3 is 5.97 Å². The average molecular weight is 253 g/mol. The minimum absolute atomic E-state index is 0.161. The number of carboxylic acids is 1. The summed E-state index contributed by atoms with van der Waals surface area (Å²) >= 11 is 0. The summed E-state index contributed by atoms with van der Waals surface area (Å²) in [4.78, 5) is 20.5. The van der Waals surface area contributed by atoms with Crippen molar-refractivity contribution in [2.75, 3.05) is 25.1 Å². The minimum atomic E-state index is -0.780.